The Morgan fingerprint density at radius 3 is 2.58 bits per heavy atom. The Labute approximate surface area is 68.9 Å². The van der Waals surface area contributed by atoms with E-state index in [2.05, 4.69) is 10.6 Å². The van der Waals surface area contributed by atoms with E-state index in [9.17, 15) is 4.79 Å². The summed E-state index contributed by atoms with van der Waals surface area (Å²) in [5, 5.41) is 0. The molecule has 1 heterocycles. The van der Waals surface area contributed by atoms with Crippen LogP contribution in [0.4, 0.5) is 0 Å². The minimum atomic E-state index is -0.416. The zero-order chi connectivity index (χ0) is 8.39. The number of benzene rings is 1. The lowest BCUT2D eigenvalue weighted by molar-refractivity contribution is 0.504. The maximum atomic E-state index is 11.0. The predicted octanol–water partition coefficient (Wildman–Crippen LogP) is 1.23. The van der Waals surface area contributed by atoms with Gasteiger partial charge in [-0.25, -0.2) is 0 Å². The average molecular weight is 160 g/mol. The Morgan fingerprint density at radius 2 is 2.00 bits per heavy atom. The van der Waals surface area contributed by atoms with Gasteiger partial charge in [0.25, 0.3) is 0 Å². The molecule has 0 atom stereocenters. The van der Waals surface area contributed by atoms with Crippen molar-refractivity contribution in [3.05, 3.63) is 53.3 Å². The summed E-state index contributed by atoms with van der Waals surface area (Å²) in [7, 11) is 0. The van der Waals surface area contributed by atoms with Crippen molar-refractivity contribution in [2.24, 2.45) is 0 Å². The largest absolute Gasteiger partial charge is 0.488 e. The van der Waals surface area contributed by atoms with E-state index in [1.165, 1.54) is 10.8 Å². The molecule has 0 saturated heterocycles. The van der Waals surface area contributed by atoms with Crippen LogP contribution in [-0.4, -0.2) is 4.57 Å². The zero-order valence-electron chi connectivity index (χ0n) is 6.23. The van der Waals surface area contributed by atoms with Crippen LogP contribution in [-0.2, 0) is 0 Å². The topological polar surface area (TPSA) is 35.1 Å². The molecule has 2 aromatic rings. The lowest BCUT2D eigenvalue weighted by atomic mass is 10.3. The molecular formula is C9H6NO2-. The molecule has 0 unspecified atom stereocenters. The summed E-state index contributed by atoms with van der Waals surface area (Å²) in [5.74, 6) is -0.416. The van der Waals surface area contributed by atoms with Crippen LogP contribution in [0.15, 0.2) is 45.8 Å². The van der Waals surface area contributed by atoms with E-state index in [0.29, 0.717) is 0 Å². The van der Waals surface area contributed by atoms with Gasteiger partial charge in [-0.1, -0.05) is 42.2 Å². The first-order chi connectivity index (χ1) is 5.88. The molecule has 0 saturated carbocycles. The first-order valence-corrected chi connectivity index (χ1v) is 3.51. The molecule has 1 aromatic carbocycles. The lowest BCUT2D eigenvalue weighted by Gasteiger charge is -2.06. The summed E-state index contributed by atoms with van der Waals surface area (Å²) in [6, 6.07) is 9.21. The highest BCUT2D eigenvalue weighted by Gasteiger charge is 1.87. The van der Waals surface area contributed by atoms with Crippen LogP contribution in [0, 0.1) is 6.20 Å². The molecular weight excluding hydrogens is 154 g/mol. The molecule has 3 nitrogen and oxygen atoms in total. The van der Waals surface area contributed by atoms with Gasteiger partial charge >= 0.3 is 5.76 Å². The molecule has 0 aliphatic rings. The summed E-state index contributed by atoms with van der Waals surface area (Å²) in [6.45, 7) is 0. The second kappa shape index (κ2) is 2.70. The number of hydrogen-bond acceptors (Lipinski definition) is 2. The quantitative estimate of drug-likeness (QED) is 0.588. The fourth-order valence-electron chi connectivity index (χ4n) is 0.992. The van der Waals surface area contributed by atoms with Crippen LogP contribution in [0.3, 0.4) is 0 Å². The number of aromatic nitrogens is 1. The second-order valence-corrected chi connectivity index (χ2v) is 2.30. The molecule has 60 valence electrons. The molecule has 0 fully saturated rings. The number of nitrogens with zero attached hydrogens (tertiary/aromatic N) is 1. The van der Waals surface area contributed by atoms with E-state index >= 15 is 0 Å². The fourth-order valence-corrected chi connectivity index (χ4v) is 0.992. The van der Waals surface area contributed by atoms with Gasteiger partial charge in [0.1, 0.15) is 0 Å². The molecule has 0 bridgehead atoms. The molecule has 0 spiro atoms. The van der Waals surface area contributed by atoms with Gasteiger partial charge in [-0.15, -0.1) is 0 Å². The van der Waals surface area contributed by atoms with Crippen molar-refractivity contribution in [1.82, 2.24) is 4.57 Å². The Hall–Kier alpha value is -1.77. The van der Waals surface area contributed by atoms with Crippen LogP contribution in [0.1, 0.15) is 0 Å². The lowest BCUT2D eigenvalue weighted by Crippen LogP contribution is -2.10. The van der Waals surface area contributed by atoms with Crippen LogP contribution in [0.25, 0.3) is 5.69 Å². The van der Waals surface area contributed by atoms with Crippen LogP contribution < -0.4 is 5.76 Å². The van der Waals surface area contributed by atoms with Gasteiger partial charge in [0, 0.05) is 6.26 Å². The molecule has 0 aliphatic carbocycles. The van der Waals surface area contributed by atoms with Gasteiger partial charge in [0.2, 0.25) is 0 Å². The normalized spacial score (nSPS) is 10.0. The third-order valence-corrected chi connectivity index (χ3v) is 1.54. The molecule has 0 N–H and O–H groups in total. The Balaban J connectivity index is 2.59. The first-order valence-electron chi connectivity index (χ1n) is 3.51. The van der Waals surface area contributed by atoms with Crippen molar-refractivity contribution < 1.29 is 4.42 Å². The minimum absolute atomic E-state index is 0.416. The SMILES string of the molecule is O=c1oc[c-]n1-c1ccccc1. The highest BCUT2D eigenvalue weighted by Crippen LogP contribution is 2.02. The summed E-state index contributed by atoms with van der Waals surface area (Å²) in [6.07, 6.45) is 3.90. The minimum Gasteiger partial charge on any atom is -0.488 e. The third kappa shape index (κ3) is 1.05. The van der Waals surface area contributed by atoms with Gasteiger partial charge in [-0.05, 0) is 0 Å². The summed E-state index contributed by atoms with van der Waals surface area (Å²) in [5.41, 5.74) is 0.760. The molecule has 0 aliphatic heterocycles. The summed E-state index contributed by atoms with van der Waals surface area (Å²) >= 11 is 0. The van der Waals surface area contributed by atoms with Crippen LogP contribution in [0.2, 0.25) is 0 Å². The Kier molecular flexibility index (Phi) is 1.55. The molecule has 2 rings (SSSR count). The predicted molar refractivity (Wildman–Crippen MR) is 43.1 cm³/mol. The number of rotatable bonds is 1. The van der Waals surface area contributed by atoms with Crippen molar-refractivity contribution in [3.8, 4) is 5.69 Å². The van der Waals surface area contributed by atoms with E-state index in [1.807, 2.05) is 30.3 Å². The van der Waals surface area contributed by atoms with Crippen molar-refractivity contribution in [1.29, 1.82) is 0 Å². The van der Waals surface area contributed by atoms with Crippen LogP contribution in [0.5, 0.6) is 0 Å². The number of para-hydroxylation sites is 1. The second-order valence-electron chi connectivity index (χ2n) is 2.30. The molecule has 1 aromatic heterocycles. The average Bonchev–Trinajstić information content (AvgIpc) is 2.53. The van der Waals surface area contributed by atoms with E-state index in [4.69, 9.17) is 0 Å². The maximum Gasteiger partial charge on any atom is 0.304 e. The first kappa shape index (κ1) is 6.91. The molecule has 0 amide bonds. The van der Waals surface area contributed by atoms with E-state index in [1.54, 1.807) is 0 Å². The summed E-state index contributed by atoms with van der Waals surface area (Å²) in [4.78, 5) is 11.0. The van der Waals surface area contributed by atoms with Gasteiger partial charge in [-0.2, -0.15) is 0 Å². The third-order valence-electron chi connectivity index (χ3n) is 1.54. The van der Waals surface area contributed by atoms with Gasteiger partial charge in [0.15, 0.2) is 0 Å². The number of hydrogen-bond donors (Lipinski definition) is 0. The number of oxazole rings is 1. The van der Waals surface area contributed by atoms with E-state index in [-0.39, 0.29) is 0 Å². The Bertz CT molecular complexity index is 413. The van der Waals surface area contributed by atoms with E-state index < -0.39 is 5.76 Å². The molecule has 3 heteroatoms. The smallest absolute Gasteiger partial charge is 0.304 e. The fraction of sp³-hybridized carbons (Fsp3) is 0. The summed E-state index contributed by atoms with van der Waals surface area (Å²) < 4.78 is 5.89. The van der Waals surface area contributed by atoms with E-state index in [0.717, 1.165) is 5.69 Å². The standard InChI is InChI=1S/C9H6NO2/c11-9-10(6-7-12-9)8-4-2-1-3-5-8/h1-5,7H/q-1. The maximum absolute atomic E-state index is 11.0. The van der Waals surface area contributed by atoms with Crippen molar-refractivity contribution in [2.75, 3.05) is 0 Å². The van der Waals surface area contributed by atoms with Gasteiger partial charge in [-0.3, -0.25) is 0 Å². The zero-order valence-corrected chi connectivity index (χ0v) is 6.23. The molecule has 12 heavy (non-hydrogen) atoms. The molecule has 0 radical (unpaired) electrons. The van der Waals surface area contributed by atoms with Gasteiger partial charge < -0.3 is 13.8 Å². The van der Waals surface area contributed by atoms with Crippen molar-refractivity contribution in [2.45, 2.75) is 0 Å². The van der Waals surface area contributed by atoms with Gasteiger partial charge in [0.05, 0.1) is 0 Å². The Morgan fingerprint density at radius 1 is 1.25 bits per heavy atom. The highest BCUT2D eigenvalue weighted by atomic mass is 16.4. The monoisotopic (exact) mass is 160 g/mol. The highest BCUT2D eigenvalue weighted by molar-refractivity contribution is 5.30. The van der Waals surface area contributed by atoms with Crippen molar-refractivity contribution in [3.63, 3.8) is 0 Å². The van der Waals surface area contributed by atoms with Crippen LogP contribution >= 0.6 is 0 Å². The van der Waals surface area contributed by atoms with Crippen molar-refractivity contribution >= 4 is 0 Å².